The van der Waals surface area contributed by atoms with E-state index in [2.05, 4.69) is 10.6 Å². The van der Waals surface area contributed by atoms with Gasteiger partial charge in [0.25, 0.3) is 0 Å². The molecule has 0 aliphatic heterocycles. The van der Waals surface area contributed by atoms with Crippen molar-refractivity contribution in [1.29, 1.82) is 0 Å². The van der Waals surface area contributed by atoms with Gasteiger partial charge in [0.15, 0.2) is 11.5 Å². The maximum absolute atomic E-state index is 13.2. The number of hydrogen-bond acceptors (Lipinski definition) is 4. The minimum atomic E-state index is -0.758. The fourth-order valence-corrected chi connectivity index (χ4v) is 4.15. The van der Waals surface area contributed by atoms with Crippen molar-refractivity contribution in [3.05, 3.63) is 59.7 Å². The third kappa shape index (κ3) is 6.98. The molecular formula is C27H36N2O4. The molecule has 3 rings (SSSR count). The molecule has 2 unspecified atom stereocenters. The van der Waals surface area contributed by atoms with Gasteiger partial charge in [0.05, 0.1) is 19.3 Å². The number of rotatable bonds is 10. The summed E-state index contributed by atoms with van der Waals surface area (Å²) in [6.45, 7) is 5.88. The van der Waals surface area contributed by atoms with Crippen LogP contribution in [0.1, 0.15) is 76.1 Å². The maximum atomic E-state index is 13.2. The molecule has 1 aliphatic carbocycles. The molecular weight excluding hydrogens is 416 g/mol. The Bertz CT molecular complexity index is 923. The molecule has 0 bridgehead atoms. The van der Waals surface area contributed by atoms with Gasteiger partial charge >= 0.3 is 0 Å². The van der Waals surface area contributed by atoms with E-state index in [1.54, 1.807) is 7.11 Å². The van der Waals surface area contributed by atoms with Gasteiger partial charge in [-0.25, -0.2) is 0 Å². The molecule has 0 heterocycles. The Kier molecular flexibility index (Phi) is 8.75. The molecule has 1 aliphatic rings. The van der Waals surface area contributed by atoms with Crippen LogP contribution in [0.15, 0.2) is 48.5 Å². The molecule has 6 heteroatoms. The number of ether oxygens (including phenoxy) is 2. The second-order valence-electron chi connectivity index (χ2n) is 9.17. The average molecular weight is 453 g/mol. The largest absolute Gasteiger partial charge is 0.493 e. The number of carbonyl (C=O) groups is 2. The van der Waals surface area contributed by atoms with Crippen LogP contribution in [0.3, 0.4) is 0 Å². The molecule has 2 amide bonds. The first kappa shape index (κ1) is 24.6. The highest BCUT2D eigenvalue weighted by molar-refractivity contribution is 5.89. The van der Waals surface area contributed by atoms with E-state index in [9.17, 15) is 9.59 Å². The summed E-state index contributed by atoms with van der Waals surface area (Å²) in [5.74, 6) is 1.20. The fourth-order valence-electron chi connectivity index (χ4n) is 4.15. The van der Waals surface area contributed by atoms with Gasteiger partial charge < -0.3 is 20.1 Å². The van der Waals surface area contributed by atoms with Crippen molar-refractivity contribution >= 4 is 11.8 Å². The normalized spacial score (nSPS) is 15.7. The summed E-state index contributed by atoms with van der Waals surface area (Å²) < 4.78 is 11.7. The number of carbonyl (C=O) groups excluding carboxylic acids is 2. The van der Waals surface area contributed by atoms with Gasteiger partial charge in [-0.3, -0.25) is 9.59 Å². The van der Waals surface area contributed by atoms with Crippen molar-refractivity contribution < 1.29 is 19.1 Å². The van der Waals surface area contributed by atoms with Crippen molar-refractivity contribution in [3.63, 3.8) is 0 Å². The van der Waals surface area contributed by atoms with E-state index >= 15 is 0 Å². The quantitative estimate of drug-likeness (QED) is 0.526. The van der Waals surface area contributed by atoms with E-state index in [-0.39, 0.29) is 29.9 Å². The first-order valence-corrected chi connectivity index (χ1v) is 11.9. The highest BCUT2D eigenvalue weighted by atomic mass is 16.5. The standard InChI is InChI=1S/C27H36N2O4/c1-18(2)16-25(30)29-26(20-10-6-5-7-11-20)27(31)28-19(3)21-14-15-23(24(17-21)32-4)33-22-12-8-9-13-22/h5-7,10-11,14-15,17-19,22,26H,8-9,12-13,16H2,1-4H3,(H,28,31)(H,29,30). The molecule has 0 radical (unpaired) electrons. The summed E-state index contributed by atoms with van der Waals surface area (Å²) in [5.41, 5.74) is 1.65. The molecule has 6 nitrogen and oxygen atoms in total. The average Bonchev–Trinajstić information content (AvgIpc) is 3.30. The second kappa shape index (κ2) is 11.7. The van der Waals surface area contributed by atoms with E-state index in [1.165, 1.54) is 12.8 Å². The number of nitrogens with one attached hydrogen (secondary N) is 2. The molecule has 2 aromatic carbocycles. The van der Waals surface area contributed by atoms with Crippen LogP contribution in [0.25, 0.3) is 0 Å². The molecule has 33 heavy (non-hydrogen) atoms. The first-order valence-electron chi connectivity index (χ1n) is 11.9. The Morgan fingerprint density at radius 3 is 2.27 bits per heavy atom. The number of amides is 2. The summed E-state index contributed by atoms with van der Waals surface area (Å²) in [4.78, 5) is 25.7. The van der Waals surface area contributed by atoms with E-state index in [0.29, 0.717) is 12.2 Å². The highest BCUT2D eigenvalue weighted by Gasteiger charge is 2.25. The lowest BCUT2D eigenvalue weighted by Crippen LogP contribution is -2.41. The molecule has 0 aromatic heterocycles. The molecule has 178 valence electrons. The van der Waals surface area contributed by atoms with Crippen molar-refractivity contribution in [2.45, 2.75) is 71.1 Å². The smallest absolute Gasteiger partial charge is 0.247 e. The predicted molar refractivity (Wildman–Crippen MR) is 129 cm³/mol. The van der Waals surface area contributed by atoms with Crippen LogP contribution >= 0.6 is 0 Å². The van der Waals surface area contributed by atoms with Crippen molar-refractivity contribution in [2.75, 3.05) is 7.11 Å². The Morgan fingerprint density at radius 1 is 0.939 bits per heavy atom. The van der Waals surface area contributed by atoms with Crippen molar-refractivity contribution in [2.24, 2.45) is 5.92 Å². The van der Waals surface area contributed by atoms with E-state index in [0.717, 1.165) is 29.7 Å². The first-order chi connectivity index (χ1) is 15.9. The SMILES string of the molecule is COc1cc(C(C)NC(=O)C(NC(=O)CC(C)C)c2ccccc2)ccc1OC1CCCC1. The Morgan fingerprint density at radius 2 is 1.64 bits per heavy atom. The van der Waals surface area contributed by atoms with Crippen molar-refractivity contribution in [3.8, 4) is 11.5 Å². The van der Waals surface area contributed by atoms with Gasteiger partial charge in [-0.2, -0.15) is 0 Å². The van der Waals surface area contributed by atoms with Gasteiger partial charge in [0.1, 0.15) is 6.04 Å². The summed E-state index contributed by atoms with van der Waals surface area (Å²) in [5, 5.41) is 5.94. The Labute approximate surface area is 197 Å². The van der Waals surface area contributed by atoms with Crippen molar-refractivity contribution in [1.82, 2.24) is 10.6 Å². The maximum Gasteiger partial charge on any atom is 0.247 e. The second-order valence-corrected chi connectivity index (χ2v) is 9.17. The third-order valence-electron chi connectivity index (χ3n) is 5.94. The van der Waals surface area contributed by atoms with E-state index in [1.807, 2.05) is 69.3 Å². The molecule has 2 N–H and O–H groups in total. The monoisotopic (exact) mass is 452 g/mol. The predicted octanol–water partition coefficient (Wildman–Crippen LogP) is 5.10. The molecule has 0 saturated heterocycles. The van der Waals surface area contributed by atoms with Crippen LogP contribution in [-0.2, 0) is 9.59 Å². The zero-order valence-corrected chi connectivity index (χ0v) is 20.1. The lowest BCUT2D eigenvalue weighted by molar-refractivity contribution is -0.130. The summed E-state index contributed by atoms with van der Waals surface area (Å²) in [7, 11) is 1.62. The molecule has 0 spiro atoms. The van der Waals surface area contributed by atoms with Gasteiger partial charge in [-0.1, -0.05) is 50.2 Å². The zero-order valence-electron chi connectivity index (χ0n) is 20.1. The van der Waals surface area contributed by atoms with Gasteiger partial charge in [0, 0.05) is 6.42 Å². The van der Waals surface area contributed by atoms with Gasteiger partial charge in [-0.05, 0) is 61.8 Å². The summed E-state index contributed by atoms with van der Waals surface area (Å²) in [6.07, 6.45) is 5.14. The van der Waals surface area contributed by atoms with Crippen LogP contribution < -0.4 is 20.1 Å². The number of benzene rings is 2. The summed E-state index contributed by atoms with van der Waals surface area (Å²) >= 11 is 0. The van der Waals surface area contributed by atoms with Crippen LogP contribution in [-0.4, -0.2) is 25.0 Å². The van der Waals surface area contributed by atoms with E-state index < -0.39 is 6.04 Å². The minimum Gasteiger partial charge on any atom is -0.493 e. The van der Waals surface area contributed by atoms with Crippen LogP contribution in [0.4, 0.5) is 0 Å². The molecule has 1 saturated carbocycles. The number of hydrogen-bond donors (Lipinski definition) is 2. The van der Waals surface area contributed by atoms with Crippen LogP contribution in [0, 0.1) is 5.92 Å². The fraction of sp³-hybridized carbons (Fsp3) is 0.481. The minimum absolute atomic E-state index is 0.142. The summed E-state index contributed by atoms with van der Waals surface area (Å²) in [6, 6.07) is 14.0. The topological polar surface area (TPSA) is 76.7 Å². The van der Waals surface area contributed by atoms with Crippen LogP contribution in [0.2, 0.25) is 0 Å². The third-order valence-corrected chi connectivity index (χ3v) is 5.94. The molecule has 1 fully saturated rings. The van der Waals surface area contributed by atoms with Crippen LogP contribution in [0.5, 0.6) is 11.5 Å². The number of methoxy groups -OCH3 is 1. The lowest BCUT2D eigenvalue weighted by Gasteiger charge is -2.23. The Balaban J connectivity index is 1.72. The van der Waals surface area contributed by atoms with Gasteiger partial charge in [0.2, 0.25) is 11.8 Å². The van der Waals surface area contributed by atoms with Gasteiger partial charge in [-0.15, -0.1) is 0 Å². The highest BCUT2D eigenvalue weighted by Crippen LogP contribution is 2.34. The zero-order chi connectivity index (χ0) is 23.8. The molecule has 2 aromatic rings. The molecule has 2 atom stereocenters. The Hall–Kier alpha value is -3.02. The van der Waals surface area contributed by atoms with E-state index in [4.69, 9.17) is 9.47 Å². The lowest BCUT2D eigenvalue weighted by atomic mass is 10.0.